The van der Waals surface area contributed by atoms with Gasteiger partial charge in [0.15, 0.2) is 5.65 Å². The molecule has 0 amide bonds. The summed E-state index contributed by atoms with van der Waals surface area (Å²) in [4.78, 5) is 15.7. The van der Waals surface area contributed by atoms with Gasteiger partial charge >= 0.3 is 6.18 Å². The van der Waals surface area contributed by atoms with E-state index in [4.69, 9.17) is 5.26 Å². The van der Waals surface area contributed by atoms with E-state index in [0.717, 1.165) is 4.52 Å². The zero-order valence-electron chi connectivity index (χ0n) is 9.17. The van der Waals surface area contributed by atoms with Crippen LogP contribution in [0.4, 0.5) is 13.2 Å². The molecule has 0 aromatic carbocycles. The van der Waals surface area contributed by atoms with Crippen molar-refractivity contribution in [2.24, 2.45) is 0 Å². The molecule has 2 aromatic heterocycles. The number of nitrogens with zero attached hydrogens (tertiary/aromatic N) is 3. The van der Waals surface area contributed by atoms with Crippen molar-refractivity contribution in [3.8, 4) is 6.07 Å². The van der Waals surface area contributed by atoms with Crippen LogP contribution in [0.15, 0.2) is 11.0 Å². The van der Waals surface area contributed by atoms with E-state index >= 15 is 0 Å². The SMILES string of the molecule is Cc1nc2c(C#N)c[nH]n2c(=O)c1CC(F)(F)F. The van der Waals surface area contributed by atoms with Crippen LogP contribution in [0, 0.1) is 18.3 Å². The first kappa shape index (κ1) is 12.2. The number of rotatable bonds is 1. The van der Waals surface area contributed by atoms with E-state index in [1.54, 1.807) is 6.07 Å². The number of hydrogen-bond acceptors (Lipinski definition) is 3. The third-order valence-corrected chi connectivity index (χ3v) is 2.46. The van der Waals surface area contributed by atoms with Crippen molar-refractivity contribution in [1.82, 2.24) is 14.6 Å². The standard InChI is InChI=1S/C10H7F3N4O/c1-5-7(2-10(11,12)13)9(18)17-8(16-5)6(3-14)4-15-17/h4,15H,2H2,1H3. The van der Waals surface area contributed by atoms with Gasteiger partial charge < -0.3 is 0 Å². The molecule has 0 bridgehead atoms. The van der Waals surface area contributed by atoms with Crippen LogP contribution in [0.3, 0.4) is 0 Å². The van der Waals surface area contributed by atoms with Crippen molar-refractivity contribution in [3.63, 3.8) is 0 Å². The third kappa shape index (κ3) is 1.95. The highest BCUT2D eigenvalue weighted by molar-refractivity contribution is 5.54. The summed E-state index contributed by atoms with van der Waals surface area (Å²) in [5, 5.41) is 11.2. The summed E-state index contributed by atoms with van der Waals surface area (Å²) in [5.41, 5.74) is -1.14. The van der Waals surface area contributed by atoms with Crippen molar-refractivity contribution >= 4 is 5.65 Å². The molecule has 2 aromatic rings. The first-order valence-corrected chi connectivity index (χ1v) is 4.90. The molecule has 0 aliphatic rings. The summed E-state index contributed by atoms with van der Waals surface area (Å²) in [6.45, 7) is 1.32. The molecule has 0 atom stereocenters. The van der Waals surface area contributed by atoms with Gasteiger partial charge in [0.2, 0.25) is 0 Å². The van der Waals surface area contributed by atoms with Gasteiger partial charge in [0.05, 0.1) is 6.42 Å². The van der Waals surface area contributed by atoms with Gasteiger partial charge in [-0.2, -0.15) is 18.4 Å². The number of fused-ring (bicyclic) bond motifs is 1. The fraction of sp³-hybridized carbons (Fsp3) is 0.300. The first-order chi connectivity index (χ1) is 8.33. The summed E-state index contributed by atoms with van der Waals surface area (Å²) in [7, 11) is 0. The summed E-state index contributed by atoms with van der Waals surface area (Å²) >= 11 is 0. The Morgan fingerprint density at radius 2 is 2.22 bits per heavy atom. The summed E-state index contributed by atoms with van der Waals surface area (Å²) in [6.07, 6.45) is -4.60. The Bertz CT molecular complexity index is 705. The first-order valence-electron chi connectivity index (χ1n) is 4.90. The number of aryl methyl sites for hydroxylation is 1. The largest absolute Gasteiger partial charge is 0.393 e. The lowest BCUT2D eigenvalue weighted by Gasteiger charge is -2.08. The molecule has 0 fully saturated rings. The quantitative estimate of drug-likeness (QED) is 0.835. The highest BCUT2D eigenvalue weighted by atomic mass is 19.4. The second-order valence-corrected chi connectivity index (χ2v) is 3.73. The van der Waals surface area contributed by atoms with Gasteiger partial charge in [-0.3, -0.25) is 9.89 Å². The van der Waals surface area contributed by atoms with Crippen LogP contribution in [-0.2, 0) is 6.42 Å². The summed E-state index contributed by atoms with van der Waals surface area (Å²) < 4.78 is 37.8. The maximum absolute atomic E-state index is 12.3. The zero-order chi connectivity index (χ0) is 13.5. The Morgan fingerprint density at radius 3 is 2.78 bits per heavy atom. The number of aromatic nitrogens is 3. The number of nitrogens with one attached hydrogen (secondary N) is 1. The van der Waals surface area contributed by atoms with Gasteiger partial charge in [-0.15, -0.1) is 0 Å². The normalized spacial score (nSPS) is 11.7. The number of hydrogen-bond donors (Lipinski definition) is 1. The third-order valence-electron chi connectivity index (χ3n) is 2.46. The van der Waals surface area contributed by atoms with Gasteiger partial charge in [-0.1, -0.05) is 0 Å². The number of alkyl halides is 3. The van der Waals surface area contributed by atoms with Crippen LogP contribution in [0.5, 0.6) is 0 Å². The summed E-state index contributed by atoms with van der Waals surface area (Å²) in [5.74, 6) is 0. The molecule has 0 radical (unpaired) electrons. The van der Waals surface area contributed by atoms with Crippen LogP contribution >= 0.6 is 0 Å². The molecular weight excluding hydrogens is 249 g/mol. The lowest BCUT2D eigenvalue weighted by atomic mass is 10.1. The maximum atomic E-state index is 12.3. The Kier molecular flexibility index (Phi) is 2.62. The number of nitriles is 1. The van der Waals surface area contributed by atoms with Crippen molar-refractivity contribution in [2.45, 2.75) is 19.5 Å². The minimum absolute atomic E-state index is 0.0200. The minimum atomic E-state index is -4.48. The molecule has 0 spiro atoms. The van der Waals surface area contributed by atoms with E-state index < -0.39 is 23.7 Å². The van der Waals surface area contributed by atoms with Crippen LogP contribution in [0.25, 0.3) is 5.65 Å². The molecule has 94 valence electrons. The number of aromatic amines is 1. The van der Waals surface area contributed by atoms with E-state index in [-0.39, 0.29) is 16.9 Å². The zero-order valence-corrected chi connectivity index (χ0v) is 9.17. The van der Waals surface area contributed by atoms with E-state index in [9.17, 15) is 18.0 Å². The van der Waals surface area contributed by atoms with Crippen molar-refractivity contribution in [3.05, 3.63) is 33.4 Å². The highest BCUT2D eigenvalue weighted by Crippen LogP contribution is 2.21. The van der Waals surface area contributed by atoms with Gasteiger partial charge in [0, 0.05) is 17.5 Å². The smallest absolute Gasteiger partial charge is 0.295 e. The Morgan fingerprint density at radius 1 is 1.56 bits per heavy atom. The predicted octanol–water partition coefficient (Wildman–Crippen LogP) is 1.31. The Balaban J connectivity index is 2.72. The molecule has 2 rings (SSSR count). The average molecular weight is 256 g/mol. The second-order valence-electron chi connectivity index (χ2n) is 3.73. The lowest BCUT2D eigenvalue weighted by Crippen LogP contribution is -2.26. The molecule has 5 nitrogen and oxygen atoms in total. The highest BCUT2D eigenvalue weighted by Gasteiger charge is 2.31. The van der Waals surface area contributed by atoms with Crippen LogP contribution in [-0.4, -0.2) is 20.8 Å². The predicted molar refractivity (Wildman–Crippen MR) is 55.0 cm³/mol. The average Bonchev–Trinajstić information content (AvgIpc) is 2.65. The van der Waals surface area contributed by atoms with E-state index in [2.05, 4.69) is 10.1 Å². The maximum Gasteiger partial charge on any atom is 0.393 e. The van der Waals surface area contributed by atoms with Crippen LogP contribution < -0.4 is 5.56 Å². The molecule has 0 aliphatic heterocycles. The van der Waals surface area contributed by atoms with Gasteiger partial charge in [0.25, 0.3) is 5.56 Å². The fourth-order valence-corrected chi connectivity index (χ4v) is 1.64. The number of H-pyrrole nitrogens is 1. The van der Waals surface area contributed by atoms with Crippen LogP contribution in [0.2, 0.25) is 0 Å². The molecule has 0 unspecified atom stereocenters. The molecule has 2 heterocycles. The van der Waals surface area contributed by atoms with Crippen molar-refractivity contribution in [2.75, 3.05) is 0 Å². The van der Waals surface area contributed by atoms with E-state index in [1.165, 1.54) is 13.1 Å². The molecule has 0 aliphatic carbocycles. The molecule has 18 heavy (non-hydrogen) atoms. The lowest BCUT2D eigenvalue weighted by molar-refractivity contribution is -0.127. The fourth-order valence-electron chi connectivity index (χ4n) is 1.64. The minimum Gasteiger partial charge on any atom is -0.295 e. The van der Waals surface area contributed by atoms with E-state index in [1.807, 2.05) is 0 Å². The Hall–Kier alpha value is -2.30. The van der Waals surface area contributed by atoms with Crippen molar-refractivity contribution < 1.29 is 13.2 Å². The summed E-state index contributed by atoms with van der Waals surface area (Å²) in [6, 6.07) is 1.80. The van der Waals surface area contributed by atoms with Crippen molar-refractivity contribution in [1.29, 1.82) is 5.26 Å². The molecule has 8 heteroatoms. The van der Waals surface area contributed by atoms with Gasteiger partial charge in [-0.05, 0) is 6.92 Å². The monoisotopic (exact) mass is 256 g/mol. The topological polar surface area (TPSA) is 73.9 Å². The molecule has 1 N–H and O–H groups in total. The Labute approximate surface area is 98.5 Å². The molecular formula is C10H7F3N4O. The molecule has 0 saturated heterocycles. The van der Waals surface area contributed by atoms with Gasteiger partial charge in [-0.25, -0.2) is 9.50 Å². The van der Waals surface area contributed by atoms with E-state index in [0.29, 0.717) is 0 Å². The van der Waals surface area contributed by atoms with Gasteiger partial charge in [0.1, 0.15) is 11.6 Å². The molecule has 0 saturated carbocycles. The van der Waals surface area contributed by atoms with Crippen LogP contribution in [0.1, 0.15) is 16.8 Å². The second kappa shape index (κ2) is 3.87. The number of halogens is 3.